The van der Waals surface area contributed by atoms with Gasteiger partial charge in [0.1, 0.15) is 0 Å². The number of hydrogen-bond acceptors (Lipinski definition) is 5. The Labute approximate surface area is 123 Å². The molecule has 2 N–H and O–H groups in total. The average molecular weight is 289 g/mol. The van der Waals surface area contributed by atoms with Gasteiger partial charge < -0.3 is 10.5 Å². The fourth-order valence-electron chi connectivity index (χ4n) is 2.75. The first kappa shape index (κ1) is 13.7. The number of aryl methyl sites for hydroxylation is 1. The van der Waals surface area contributed by atoms with E-state index in [1.165, 1.54) is 22.7 Å². The Morgan fingerprint density at radius 3 is 3.15 bits per heavy atom. The highest BCUT2D eigenvalue weighted by Crippen LogP contribution is 2.34. The van der Waals surface area contributed by atoms with Crippen molar-refractivity contribution in [3.8, 4) is 0 Å². The van der Waals surface area contributed by atoms with Gasteiger partial charge in [-0.3, -0.25) is 0 Å². The Morgan fingerprint density at radius 2 is 2.30 bits per heavy atom. The summed E-state index contributed by atoms with van der Waals surface area (Å²) in [5.41, 5.74) is 10.0. The predicted molar refractivity (Wildman–Crippen MR) is 79.7 cm³/mol. The van der Waals surface area contributed by atoms with Crippen molar-refractivity contribution in [3.05, 3.63) is 46.0 Å². The van der Waals surface area contributed by atoms with Crippen LogP contribution in [0.2, 0.25) is 0 Å². The van der Waals surface area contributed by atoms with Crippen molar-refractivity contribution in [2.45, 2.75) is 38.3 Å². The molecule has 1 aromatic carbocycles. The molecule has 1 aromatic heterocycles. The summed E-state index contributed by atoms with van der Waals surface area (Å²) >= 11 is 1.41. The van der Waals surface area contributed by atoms with Crippen molar-refractivity contribution in [3.63, 3.8) is 0 Å². The molecule has 0 radical (unpaired) electrons. The van der Waals surface area contributed by atoms with E-state index in [2.05, 4.69) is 40.8 Å². The molecular formula is C15H19N3OS. The van der Waals surface area contributed by atoms with Gasteiger partial charge in [-0.2, -0.15) is 0 Å². The van der Waals surface area contributed by atoms with Gasteiger partial charge in [0.15, 0.2) is 0 Å². The second kappa shape index (κ2) is 5.99. The maximum atomic E-state index is 6.35. The molecular weight excluding hydrogens is 270 g/mol. The van der Waals surface area contributed by atoms with Crippen LogP contribution in [0.1, 0.15) is 47.2 Å². The van der Waals surface area contributed by atoms with Gasteiger partial charge in [-0.15, -0.1) is 5.10 Å². The number of nitrogens with two attached hydrogens (primary N) is 1. The summed E-state index contributed by atoms with van der Waals surface area (Å²) in [6.45, 7) is 2.86. The van der Waals surface area contributed by atoms with Crippen molar-refractivity contribution in [2.75, 3.05) is 6.61 Å². The number of nitrogens with zero attached hydrogens (tertiary/aromatic N) is 2. The number of hydrogen-bond donors (Lipinski definition) is 1. The van der Waals surface area contributed by atoms with E-state index < -0.39 is 0 Å². The van der Waals surface area contributed by atoms with E-state index >= 15 is 0 Å². The molecule has 4 nitrogen and oxygen atoms in total. The third kappa shape index (κ3) is 2.61. The monoisotopic (exact) mass is 289 g/mol. The lowest BCUT2D eigenvalue weighted by Gasteiger charge is -2.27. The fourth-order valence-corrected chi connectivity index (χ4v) is 3.50. The number of ether oxygens (including phenoxy) is 1. The minimum atomic E-state index is -0.0545. The molecule has 0 amide bonds. The van der Waals surface area contributed by atoms with E-state index in [1.54, 1.807) is 0 Å². The van der Waals surface area contributed by atoms with Crippen LogP contribution in [0.5, 0.6) is 0 Å². The topological polar surface area (TPSA) is 61.0 Å². The van der Waals surface area contributed by atoms with Gasteiger partial charge in [-0.25, -0.2) is 0 Å². The van der Waals surface area contributed by atoms with E-state index in [4.69, 9.17) is 10.5 Å². The normalized spacial score (nSPS) is 19.6. The Hall–Kier alpha value is -1.30. The van der Waals surface area contributed by atoms with Crippen molar-refractivity contribution >= 4 is 11.5 Å². The Morgan fingerprint density at radius 1 is 1.45 bits per heavy atom. The summed E-state index contributed by atoms with van der Waals surface area (Å²) < 4.78 is 9.95. The van der Waals surface area contributed by atoms with Crippen LogP contribution in [-0.4, -0.2) is 16.2 Å². The number of aromatic nitrogens is 2. The standard InChI is InChI=1S/C15H19N3OS/c1-2-13-15(20-18-17-13)12(16)9-14-11-6-4-3-5-10(11)7-8-19-14/h3-6,12,14H,2,7-9,16H2,1H3. The second-order valence-electron chi connectivity index (χ2n) is 5.09. The van der Waals surface area contributed by atoms with Crippen molar-refractivity contribution in [2.24, 2.45) is 5.73 Å². The first-order chi connectivity index (χ1) is 9.79. The summed E-state index contributed by atoms with van der Waals surface area (Å²) in [5.74, 6) is 0. The van der Waals surface area contributed by atoms with E-state index in [9.17, 15) is 0 Å². The van der Waals surface area contributed by atoms with Crippen LogP contribution in [-0.2, 0) is 17.6 Å². The molecule has 2 aromatic rings. The Balaban J connectivity index is 1.79. The molecule has 0 fully saturated rings. The maximum Gasteiger partial charge on any atom is 0.0846 e. The van der Waals surface area contributed by atoms with Crippen molar-refractivity contribution in [1.82, 2.24) is 9.59 Å². The van der Waals surface area contributed by atoms with Gasteiger partial charge in [0, 0.05) is 6.04 Å². The van der Waals surface area contributed by atoms with Crippen LogP contribution in [0.25, 0.3) is 0 Å². The quantitative estimate of drug-likeness (QED) is 0.940. The highest BCUT2D eigenvalue weighted by Gasteiger charge is 2.25. The molecule has 5 heteroatoms. The predicted octanol–water partition coefficient (Wildman–Crippen LogP) is 2.80. The summed E-state index contributed by atoms with van der Waals surface area (Å²) in [4.78, 5) is 1.10. The molecule has 0 aliphatic carbocycles. The fraction of sp³-hybridized carbons (Fsp3) is 0.467. The molecule has 106 valence electrons. The van der Waals surface area contributed by atoms with Crippen molar-refractivity contribution < 1.29 is 4.74 Å². The van der Waals surface area contributed by atoms with E-state index in [1.807, 2.05) is 0 Å². The lowest BCUT2D eigenvalue weighted by atomic mass is 9.93. The smallest absolute Gasteiger partial charge is 0.0846 e. The van der Waals surface area contributed by atoms with Gasteiger partial charge in [0.05, 0.1) is 23.3 Å². The zero-order valence-electron chi connectivity index (χ0n) is 11.6. The summed E-state index contributed by atoms with van der Waals surface area (Å²) in [6, 6.07) is 8.43. The van der Waals surface area contributed by atoms with Crippen LogP contribution < -0.4 is 5.73 Å². The molecule has 2 unspecified atom stereocenters. The third-order valence-electron chi connectivity index (χ3n) is 3.82. The summed E-state index contributed by atoms with van der Waals surface area (Å²) in [5, 5.41) is 4.14. The molecule has 3 rings (SSSR count). The number of benzene rings is 1. The first-order valence-corrected chi connectivity index (χ1v) is 7.83. The highest BCUT2D eigenvalue weighted by atomic mass is 32.1. The maximum absolute atomic E-state index is 6.35. The van der Waals surface area contributed by atoms with Crippen LogP contribution in [0.4, 0.5) is 0 Å². The van der Waals surface area contributed by atoms with Crippen LogP contribution >= 0.6 is 11.5 Å². The van der Waals surface area contributed by atoms with E-state index in [-0.39, 0.29) is 12.1 Å². The van der Waals surface area contributed by atoms with Gasteiger partial charge >= 0.3 is 0 Å². The Kier molecular flexibility index (Phi) is 4.10. The molecule has 2 heterocycles. The highest BCUT2D eigenvalue weighted by molar-refractivity contribution is 7.05. The SMILES string of the molecule is CCc1nnsc1C(N)CC1OCCc2ccccc21. The Bertz CT molecular complexity index is 584. The minimum Gasteiger partial charge on any atom is -0.373 e. The number of rotatable bonds is 4. The van der Waals surface area contributed by atoms with E-state index in [0.717, 1.165) is 36.4 Å². The third-order valence-corrected chi connectivity index (χ3v) is 4.72. The van der Waals surface area contributed by atoms with Gasteiger partial charge in [0.25, 0.3) is 0 Å². The van der Waals surface area contributed by atoms with Crippen LogP contribution in [0.3, 0.4) is 0 Å². The summed E-state index contributed by atoms with van der Waals surface area (Å²) in [6.07, 6.45) is 2.74. The minimum absolute atomic E-state index is 0.0545. The molecule has 20 heavy (non-hydrogen) atoms. The molecule has 1 aliphatic rings. The van der Waals surface area contributed by atoms with Crippen molar-refractivity contribution in [1.29, 1.82) is 0 Å². The molecule has 2 atom stereocenters. The molecule has 0 saturated heterocycles. The first-order valence-electron chi connectivity index (χ1n) is 7.05. The largest absolute Gasteiger partial charge is 0.373 e. The lowest BCUT2D eigenvalue weighted by Crippen LogP contribution is -2.21. The summed E-state index contributed by atoms with van der Waals surface area (Å²) in [7, 11) is 0. The molecule has 0 saturated carbocycles. The van der Waals surface area contributed by atoms with Gasteiger partial charge in [0.2, 0.25) is 0 Å². The molecule has 0 spiro atoms. The zero-order chi connectivity index (χ0) is 13.9. The van der Waals surface area contributed by atoms with E-state index in [0.29, 0.717) is 0 Å². The van der Waals surface area contributed by atoms with Gasteiger partial charge in [-0.1, -0.05) is 35.7 Å². The van der Waals surface area contributed by atoms with Crippen LogP contribution in [0, 0.1) is 0 Å². The second-order valence-corrected chi connectivity index (χ2v) is 5.87. The van der Waals surface area contributed by atoms with Gasteiger partial charge in [-0.05, 0) is 41.9 Å². The number of fused-ring (bicyclic) bond motifs is 1. The van der Waals surface area contributed by atoms with Crippen LogP contribution in [0.15, 0.2) is 24.3 Å². The lowest BCUT2D eigenvalue weighted by molar-refractivity contribution is 0.0321. The zero-order valence-corrected chi connectivity index (χ0v) is 12.4. The average Bonchev–Trinajstić information content (AvgIpc) is 2.96. The molecule has 0 bridgehead atoms. The molecule has 1 aliphatic heterocycles.